The van der Waals surface area contributed by atoms with Gasteiger partial charge in [0, 0.05) is 17.7 Å². The van der Waals surface area contributed by atoms with E-state index in [9.17, 15) is 4.39 Å². The van der Waals surface area contributed by atoms with Gasteiger partial charge in [-0.2, -0.15) is 5.10 Å². The number of nitrogen functional groups attached to an aromatic ring is 1. The molecule has 0 saturated carbocycles. The molecule has 2 heterocycles. The third-order valence-corrected chi connectivity index (χ3v) is 2.53. The number of hydrogen-bond acceptors (Lipinski definition) is 3. The van der Waals surface area contributed by atoms with Crippen molar-refractivity contribution in [3.8, 4) is 11.3 Å². The molecule has 0 aliphatic carbocycles. The molecule has 2 N–H and O–H groups in total. The number of nitrogens with two attached hydrogens (primary N) is 1. The fourth-order valence-corrected chi connectivity index (χ4v) is 1.79. The summed E-state index contributed by atoms with van der Waals surface area (Å²) in [6, 6.07) is 9.83. The predicted molar refractivity (Wildman–Crippen MR) is 62.8 cm³/mol. The number of hydrogen-bond donors (Lipinski definition) is 1. The van der Waals surface area contributed by atoms with Crippen LogP contribution in [0.3, 0.4) is 0 Å². The molecule has 1 aromatic carbocycles. The average molecular weight is 228 g/mol. The van der Waals surface area contributed by atoms with E-state index in [2.05, 4.69) is 10.1 Å². The van der Waals surface area contributed by atoms with Crippen molar-refractivity contribution in [1.29, 1.82) is 0 Å². The fraction of sp³-hybridized carbons (Fsp3) is 0. The van der Waals surface area contributed by atoms with E-state index in [-0.39, 0.29) is 5.82 Å². The van der Waals surface area contributed by atoms with Crippen molar-refractivity contribution >= 4 is 11.5 Å². The molecule has 3 rings (SSSR count). The number of fused-ring (bicyclic) bond motifs is 1. The molecule has 84 valence electrons. The van der Waals surface area contributed by atoms with Crippen molar-refractivity contribution in [3.05, 3.63) is 48.4 Å². The van der Waals surface area contributed by atoms with Gasteiger partial charge in [0.2, 0.25) is 0 Å². The average Bonchev–Trinajstić information content (AvgIpc) is 2.76. The maximum Gasteiger partial charge on any atom is 0.158 e. The minimum atomic E-state index is -0.310. The first-order chi connectivity index (χ1) is 8.25. The van der Waals surface area contributed by atoms with Gasteiger partial charge in [0.15, 0.2) is 5.65 Å². The highest BCUT2D eigenvalue weighted by Crippen LogP contribution is 2.24. The number of halogens is 1. The second-order valence-electron chi connectivity index (χ2n) is 3.65. The van der Waals surface area contributed by atoms with Gasteiger partial charge in [0.25, 0.3) is 0 Å². The quantitative estimate of drug-likeness (QED) is 0.694. The summed E-state index contributed by atoms with van der Waals surface area (Å²) in [5.74, 6) is 0.0335. The third-order valence-electron chi connectivity index (χ3n) is 2.53. The van der Waals surface area contributed by atoms with E-state index in [1.807, 2.05) is 0 Å². The van der Waals surface area contributed by atoms with Crippen molar-refractivity contribution < 1.29 is 4.39 Å². The minimum absolute atomic E-state index is 0.310. The maximum absolute atomic E-state index is 13.7. The Kier molecular flexibility index (Phi) is 2.04. The lowest BCUT2D eigenvalue weighted by Gasteiger charge is -2.06. The molecular weight excluding hydrogens is 219 g/mol. The Morgan fingerprint density at radius 2 is 2.00 bits per heavy atom. The molecule has 0 unspecified atom stereocenters. The van der Waals surface area contributed by atoms with E-state index in [0.29, 0.717) is 22.7 Å². The summed E-state index contributed by atoms with van der Waals surface area (Å²) in [6.07, 6.45) is 1.60. The first-order valence-electron chi connectivity index (χ1n) is 5.11. The van der Waals surface area contributed by atoms with E-state index in [0.717, 1.165) is 0 Å². The molecular formula is C12H9FN4. The topological polar surface area (TPSA) is 56.2 Å². The zero-order valence-electron chi connectivity index (χ0n) is 8.84. The molecule has 5 heteroatoms. The van der Waals surface area contributed by atoms with E-state index in [1.165, 1.54) is 6.07 Å². The molecule has 0 aliphatic heterocycles. The van der Waals surface area contributed by atoms with Gasteiger partial charge in [0.1, 0.15) is 11.6 Å². The Balaban J connectivity index is 2.37. The Morgan fingerprint density at radius 1 is 1.18 bits per heavy atom. The molecule has 4 nitrogen and oxygen atoms in total. The molecule has 0 spiro atoms. The SMILES string of the molecule is Nc1cc(-c2ccccc2F)n2nccc2n1. The van der Waals surface area contributed by atoms with Crippen LogP contribution < -0.4 is 5.73 Å². The summed E-state index contributed by atoms with van der Waals surface area (Å²) in [5.41, 5.74) is 7.34. The van der Waals surface area contributed by atoms with E-state index >= 15 is 0 Å². The molecule has 0 atom stereocenters. The highest BCUT2D eigenvalue weighted by atomic mass is 19.1. The predicted octanol–water partition coefficient (Wildman–Crippen LogP) is 2.12. The number of benzene rings is 1. The molecule has 0 bridgehead atoms. The van der Waals surface area contributed by atoms with Crippen LogP contribution in [0.15, 0.2) is 42.6 Å². The summed E-state index contributed by atoms with van der Waals surface area (Å²) in [6.45, 7) is 0. The lowest BCUT2D eigenvalue weighted by Crippen LogP contribution is -2.01. The summed E-state index contributed by atoms with van der Waals surface area (Å²) in [4.78, 5) is 4.11. The second kappa shape index (κ2) is 3.55. The Labute approximate surface area is 96.5 Å². The van der Waals surface area contributed by atoms with Gasteiger partial charge < -0.3 is 5.73 Å². The maximum atomic E-state index is 13.7. The largest absolute Gasteiger partial charge is 0.384 e. The third kappa shape index (κ3) is 1.52. The van der Waals surface area contributed by atoms with Crippen LogP contribution in [-0.4, -0.2) is 14.6 Å². The standard InChI is InChI=1S/C12H9FN4/c13-9-4-2-1-3-8(9)10-7-11(14)16-12-5-6-15-17(10)12/h1-7H,(H2,14,16). The van der Waals surface area contributed by atoms with Crippen LogP contribution in [-0.2, 0) is 0 Å². The highest BCUT2D eigenvalue weighted by Gasteiger charge is 2.10. The van der Waals surface area contributed by atoms with Gasteiger partial charge in [-0.3, -0.25) is 0 Å². The summed E-state index contributed by atoms with van der Waals surface area (Å²) >= 11 is 0. The minimum Gasteiger partial charge on any atom is -0.384 e. The molecule has 3 aromatic rings. The molecule has 0 aliphatic rings. The van der Waals surface area contributed by atoms with Crippen molar-refractivity contribution in [3.63, 3.8) is 0 Å². The lowest BCUT2D eigenvalue weighted by molar-refractivity contribution is 0.630. The van der Waals surface area contributed by atoms with Gasteiger partial charge >= 0.3 is 0 Å². The lowest BCUT2D eigenvalue weighted by atomic mass is 10.1. The van der Waals surface area contributed by atoms with Gasteiger partial charge in [-0.1, -0.05) is 12.1 Å². The summed E-state index contributed by atoms with van der Waals surface area (Å²) < 4.78 is 15.3. The zero-order valence-corrected chi connectivity index (χ0v) is 8.84. The van der Waals surface area contributed by atoms with Gasteiger partial charge in [-0.25, -0.2) is 13.9 Å². The van der Waals surface area contributed by atoms with E-state index < -0.39 is 0 Å². The fourth-order valence-electron chi connectivity index (χ4n) is 1.79. The van der Waals surface area contributed by atoms with Gasteiger partial charge in [0.05, 0.1) is 11.9 Å². The van der Waals surface area contributed by atoms with Crippen LogP contribution in [0, 0.1) is 5.82 Å². The van der Waals surface area contributed by atoms with E-state index in [4.69, 9.17) is 5.73 Å². The molecule has 17 heavy (non-hydrogen) atoms. The smallest absolute Gasteiger partial charge is 0.158 e. The normalized spacial score (nSPS) is 10.9. The van der Waals surface area contributed by atoms with Crippen molar-refractivity contribution in [1.82, 2.24) is 14.6 Å². The molecule has 2 aromatic heterocycles. The van der Waals surface area contributed by atoms with Crippen LogP contribution in [0.2, 0.25) is 0 Å². The number of nitrogens with zero attached hydrogens (tertiary/aromatic N) is 3. The Hall–Kier alpha value is -2.43. The molecule has 0 fully saturated rings. The Morgan fingerprint density at radius 3 is 2.82 bits per heavy atom. The molecule has 0 amide bonds. The van der Waals surface area contributed by atoms with Gasteiger partial charge in [-0.15, -0.1) is 0 Å². The van der Waals surface area contributed by atoms with Crippen molar-refractivity contribution in [2.24, 2.45) is 0 Å². The van der Waals surface area contributed by atoms with Crippen LogP contribution in [0.25, 0.3) is 16.9 Å². The van der Waals surface area contributed by atoms with Gasteiger partial charge in [-0.05, 0) is 12.1 Å². The molecule has 0 radical (unpaired) electrons. The van der Waals surface area contributed by atoms with Crippen LogP contribution in [0.4, 0.5) is 10.2 Å². The summed E-state index contributed by atoms with van der Waals surface area (Å²) in [7, 11) is 0. The van der Waals surface area contributed by atoms with Crippen LogP contribution in [0.5, 0.6) is 0 Å². The molecule has 0 saturated heterocycles. The highest BCUT2D eigenvalue weighted by molar-refractivity contribution is 5.66. The zero-order chi connectivity index (χ0) is 11.8. The first kappa shape index (κ1) is 9.77. The van der Waals surface area contributed by atoms with Crippen LogP contribution in [0.1, 0.15) is 0 Å². The Bertz CT molecular complexity index is 690. The van der Waals surface area contributed by atoms with Crippen molar-refractivity contribution in [2.75, 3.05) is 5.73 Å². The first-order valence-corrected chi connectivity index (χ1v) is 5.11. The summed E-state index contributed by atoms with van der Waals surface area (Å²) in [5, 5.41) is 4.11. The van der Waals surface area contributed by atoms with Crippen molar-refractivity contribution in [2.45, 2.75) is 0 Å². The monoisotopic (exact) mass is 228 g/mol. The number of anilines is 1. The number of aromatic nitrogens is 3. The van der Waals surface area contributed by atoms with Crippen LogP contribution >= 0.6 is 0 Å². The second-order valence-corrected chi connectivity index (χ2v) is 3.65. The van der Waals surface area contributed by atoms with E-state index in [1.54, 1.807) is 41.0 Å². The number of rotatable bonds is 1.